The number of imidazole rings is 1. The summed E-state index contributed by atoms with van der Waals surface area (Å²) in [6.07, 6.45) is 3.70. The Kier molecular flexibility index (Phi) is 5.79. The van der Waals surface area contributed by atoms with Crippen molar-refractivity contribution in [1.29, 1.82) is 0 Å². The first kappa shape index (κ1) is 23.4. The van der Waals surface area contributed by atoms with Gasteiger partial charge in [0.15, 0.2) is 5.82 Å². The van der Waals surface area contributed by atoms with Crippen molar-refractivity contribution in [3.05, 3.63) is 42.1 Å². The van der Waals surface area contributed by atoms with E-state index in [1.54, 1.807) is 7.11 Å². The van der Waals surface area contributed by atoms with Gasteiger partial charge in [-0.05, 0) is 48.6 Å². The second-order valence-electron chi connectivity index (χ2n) is 10.8. The number of aromatic nitrogens is 4. The maximum absolute atomic E-state index is 13.3. The Hall–Kier alpha value is -3.39. The molecule has 1 amide bonds. The second kappa shape index (κ2) is 8.68. The van der Waals surface area contributed by atoms with Crippen LogP contribution >= 0.6 is 0 Å². The zero-order valence-electron chi connectivity index (χ0n) is 21.2. The molecule has 5 rings (SSSR count). The van der Waals surface area contributed by atoms with Crippen molar-refractivity contribution in [2.24, 2.45) is 18.2 Å². The summed E-state index contributed by atoms with van der Waals surface area (Å²) < 4.78 is 10.0. The maximum atomic E-state index is 13.3. The smallest absolute Gasteiger partial charge is 0.254 e. The van der Waals surface area contributed by atoms with Crippen molar-refractivity contribution in [2.45, 2.75) is 46.2 Å². The molecule has 1 aliphatic rings. The number of nitrogens with zero attached hydrogens (tertiary/aromatic N) is 5. The van der Waals surface area contributed by atoms with Gasteiger partial charge in [0.2, 0.25) is 0 Å². The number of hydrogen-bond acceptors (Lipinski definition) is 5. The number of ether oxygens (including phenoxy) is 1. The van der Waals surface area contributed by atoms with Crippen molar-refractivity contribution < 1.29 is 9.53 Å². The van der Waals surface area contributed by atoms with Crippen molar-refractivity contribution in [2.75, 3.05) is 20.2 Å². The molecule has 3 aromatic heterocycles. The molecule has 4 heterocycles. The summed E-state index contributed by atoms with van der Waals surface area (Å²) in [7, 11) is 3.62. The standard InChI is InChI=1S/C27H34N6O2/c1-27(2,3)16-33-21(13-17-8-6-10-29-24(17)33)25-30-20-12-18(14-22(35-5)23(20)31(25)4)26(34)32-11-7-9-19(28)15-32/h6,8,10,12-14,19H,7,9,11,15-16,28H2,1-5H3. The fraction of sp³-hybridized carbons (Fsp3) is 0.444. The summed E-state index contributed by atoms with van der Waals surface area (Å²) in [6, 6.07) is 9.90. The topological polar surface area (TPSA) is 91.2 Å². The highest BCUT2D eigenvalue weighted by Gasteiger charge is 2.26. The van der Waals surface area contributed by atoms with Crippen LogP contribution in [-0.2, 0) is 13.6 Å². The number of aryl methyl sites for hydroxylation is 1. The van der Waals surface area contributed by atoms with E-state index in [-0.39, 0.29) is 17.4 Å². The predicted octanol–water partition coefficient (Wildman–Crippen LogP) is 4.21. The number of pyridine rings is 1. The molecule has 1 atom stereocenters. The van der Waals surface area contributed by atoms with Crippen molar-refractivity contribution in [3.63, 3.8) is 0 Å². The van der Waals surface area contributed by atoms with Crippen molar-refractivity contribution in [3.8, 4) is 17.3 Å². The van der Waals surface area contributed by atoms with E-state index in [0.29, 0.717) is 17.9 Å². The van der Waals surface area contributed by atoms with Crippen LogP contribution in [-0.4, -0.2) is 56.2 Å². The number of methoxy groups -OCH3 is 1. The molecule has 184 valence electrons. The zero-order chi connectivity index (χ0) is 24.9. The lowest BCUT2D eigenvalue weighted by atomic mass is 9.97. The number of likely N-dealkylation sites (tertiary alicyclic amines) is 1. The Morgan fingerprint density at radius 3 is 2.77 bits per heavy atom. The van der Waals surface area contributed by atoms with Gasteiger partial charge in [0.05, 0.1) is 18.3 Å². The van der Waals surface area contributed by atoms with Gasteiger partial charge in [0.1, 0.15) is 16.9 Å². The number of rotatable bonds is 4. The molecule has 0 aliphatic carbocycles. The van der Waals surface area contributed by atoms with E-state index in [4.69, 9.17) is 15.5 Å². The lowest BCUT2D eigenvalue weighted by molar-refractivity contribution is 0.0708. The number of benzene rings is 1. The first-order valence-electron chi connectivity index (χ1n) is 12.2. The Morgan fingerprint density at radius 1 is 1.26 bits per heavy atom. The van der Waals surface area contributed by atoms with Crippen LogP contribution in [0.15, 0.2) is 36.5 Å². The van der Waals surface area contributed by atoms with Crippen molar-refractivity contribution in [1.82, 2.24) is 24.0 Å². The van der Waals surface area contributed by atoms with Gasteiger partial charge < -0.3 is 24.5 Å². The summed E-state index contributed by atoms with van der Waals surface area (Å²) >= 11 is 0. The van der Waals surface area contributed by atoms with Gasteiger partial charge in [0.25, 0.3) is 5.91 Å². The fourth-order valence-corrected chi connectivity index (χ4v) is 5.10. The van der Waals surface area contributed by atoms with Gasteiger partial charge in [-0.2, -0.15) is 0 Å². The molecule has 0 saturated carbocycles. The van der Waals surface area contributed by atoms with Gasteiger partial charge in [0, 0.05) is 49.9 Å². The molecule has 1 aromatic carbocycles. The SMILES string of the molecule is COc1cc(C(=O)N2CCCC(N)C2)cc2nc(-c3cc4cccnc4n3CC(C)(C)C)n(C)c12. The minimum absolute atomic E-state index is 0.0260. The van der Waals surface area contributed by atoms with E-state index in [9.17, 15) is 4.79 Å². The number of amides is 1. The highest BCUT2D eigenvalue weighted by Crippen LogP contribution is 2.35. The van der Waals surface area contributed by atoms with Gasteiger partial charge >= 0.3 is 0 Å². The maximum Gasteiger partial charge on any atom is 0.254 e. The molecular formula is C27H34N6O2. The molecule has 0 radical (unpaired) electrons. The minimum atomic E-state index is -0.0291. The van der Waals surface area contributed by atoms with Crippen LogP contribution in [0, 0.1) is 5.41 Å². The van der Waals surface area contributed by atoms with Gasteiger partial charge in [-0.15, -0.1) is 0 Å². The molecular weight excluding hydrogens is 440 g/mol. The lowest BCUT2D eigenvalue weighted by Gasteiger charge is -2.30. The molecule has 1 aliphatic heterocycles. The number of carbonyl (C=O) groups is 1. The Bertz CT molecular complexity index is 1410. The van der Waals surface area contributed by atoms with Crippen LogP contribution in [0.3, 0.4) is 0 Å². The van der Waals surface area contributed by atoms with Crippen LogP contribution in [0.25, 0.3) is 33.6 Å². The Balaban J connectivity index is 1.65. The van der Waals surface area contributed by atoms with Crippen LogP contribution in [0.2, 0.25) is 0 Å². The number of carbonyl (C=O) groups excluding carboxylic acids is 1. The molecule has 1 unspecified atom stereocenters. The quantitative estimate of drug-likeness (QED) is 0.478. The number of piperidine rings is 1. The van der Waals surface area contributed by atoms with Gasteiger partial charge in [-0.1, -0.05) is 20.8 Å². The lowest BCUT2D eigenvalue weighted by Crippen LogP contribution is -2.45. The molecule has 4 aromatic rings. The minimum Gasteiger partial charge on any atom is -0.494 e. The fourth-order valence-electron chi connectivity index (χ4n) is 5.10. The van der Waals surface area contributed by atoms with E-state index >= 15 is 0 Å². The molecule has 35 heavy (non-hydrogen) atoms. The second-order valence-corrected chi connectivity index (χ2v) is 10.8. The van der Waals surface area contributed by atoms with E-state index in [2.05, 4.69) is 42.5 Å². The Morgan fingerprint density at radius 2 is 2.06 bits per heavy atom. The van der Waals surface area contributed by atoms with E-state index in [1.807, 2.05) is 40.9 Å². The molecule has 0 spiro atoms. The molecule has 8 heteroatoms. The van der Waals surface area contributed by atoms with E-state index in [1.165, 1.54) is 0 Å². The first-order valence-corrected chi connectivity index (χ1v) is 12.2. The van der Waals surface area contributed by atoms with E-state index in [0.717, 1.165) is 59.5 Å². The Labute approximate surface area is 205 Å². The number of nitrogens with two attached hydrogens (primary N) is 1. The third kappa shape index (κ3) is 4.27. The van der Waals surface area contributed by atoms with Gasteiger partial charge in [-0.25, -0.2) is 9.97 Å². The van der Waals surface area contributed by atoms with Crippen LogP contribution in [0.4, 0.5) is 0 Å². The molecule has 1 saturated heterocycles. The average Bonchev–Trinajstić information content (AvgIpc) is 3.34. The highest BCUT2D eigenvalue weighted by molar-refractivity contribution is 6.00. The summed E-state index contributed by atoms with van der Waals surface area (Å²) in [4.78, 5) is 24.8. The van der Waals surface area contributed by atoms with Gasteiger partial charge in [-0.3, -0.25) is 4.79 Å². The highest BCUT2D eigenvalue weighted by atomic mass is 16.5. The van der Waals surface area contributed by atoms with Crippen LogP contribution in [0.1, 0.15) is 44.0 Å². The summed E-state index contributed by atoms with van der Waals surface area (Å²) in [5.74, 6) is 1.41. The zero-order valence-corrected chi connectivity index (χ0v) is 21.2. The predicted molar refractivity (Wildman–Crippen MR) is 139 cm³/mol. The monoisotopic (exact) mass is 474 g/mol. The number of hydrogen-bond donors (Lipinski definition) is 1. The first-order chi connectivity index (χ1) is 16.7. The van der Waals surface area contributed by atoms with Crippen LogP contribution < -0.4 is 10.5 Å². The third-order valence-electron chi connectivity index (χ3n) is 6.66. The third-order valence-corrected chi connectivity index (χ3v) is 6.66. The molecule has 0 bridgehead atoms. The average molecular weight is 475 g/mol. The molecule has 2 N–H and O–H groups in total. The normalized spacial score (nSPS) is 16.9. The largest absolute Gasteiger partial charge is 0.494 e. The van der Waals surface area contributed by atoms with Crippen molar-refractivity contribution >= 4 is 28.0 Å². The van der Waals surface area contributed by atoms with E-state index < -0.39 is 0 Å². The van der Waals surface area contributed by atoms with Crippen LogP contribution in [0.5, 0.6) is 5.75 Å². The molecule has 8 nitrogen and oxygen atoms in total. The summed E-state index contributed by atoms with van der Waals surface area (Å²) in [5, 5.41) is 1.07. The number of fused-ring (bicyclic) bond motifs is 2. The molecule has 1 fully saturated rings. The summed E-state index contributed by atoms with van der Waals surface area (Å²) in [5.41, 5.74) is 10.3. The summed E-state index contributed by atoms with van der Waals surface area (Å²) in [6.45, 7) is 8.74.